The van der Waals surface area contributed by atoms with Crippen LogP contribution in [-0.2, 0) is 0 Å². The molecule has 4 nitrogen and oxygen atoms in total. The van der Waals surface area contributed by atoms with E-state index in [2.05, 4.69) is 21.7 Å². The maximum atomic E-state index is 12.1. The van der Waals surface area contributed by atoms with Gasteiger partial charge < -0.3 is 10.6 Å². The van der Waals surface area contributed by atoms with Crippen molar-refractivity contribution in [3.8, 4) is 0 Å². The number of amides is 1. The quantitative estimate of drug-likeness (QED) is 0.877. The Morgan fingerprint density at radius 3 is 2.76 bits per heavy atom. The summed E-state index contributed by atoms with van der Waals surface area (Å²) in [6.45, 7) is 2.05. The molecule has 0 saturated carbocycles. The van der Waals surface area contributed by atoms with Crippen molar-refractivity contribution >= 4 is 52.3 Å². The molecule has 0 atom stereocenters. The number of halogens is 2. The van der Waals surface area contributed by atoms with Crippen LogP contribution in [0.2, 0.25) is 0 Å². The fraction of sp³-hybridized carbons (Fsp3) is 0.429. The van der Waals surface area contributed by atoms with Crippen molar-refractivity contribution in [3.63, 3.8) is 0 Å². The maximum absolute atomic E-state index is 12.1. The van der Waals surface area contributed by atoms with Crippen LogP contribution >= 0.6 is 36.2 Å². The minimum Gasteiger partial charge on any atom is -0.354 e. The molecule has 1 amide bonds. The molecule has 21 heavy (non-hydrogen) atoms. The lowest BCUT2D eigenvalue weighted by Gasteiger charge is -2.23. The van der Waals surface area contributed by atoms with Crippen LogP contribution in [0.5, 0.6) is 0 Å². The summed E-state index contributed by atoms with van der Waals surface area (Å²) in [4.78, 5) is 18.3. The number of nitrogens with one attached hydrogen (secondary N) is 2. The van der Waals surface area contributed by atoms with Crippen LogP contribution in [0.15, 0.2) is 18.3 Å². The number of aromatic nitrogens is 1. The topological polar surface area (TPSA) is 54.0 Å². The van der Waals surface area contributed by atoms with Crippen LogP contribution in [0.3, 0.4) is 0 Å². The third kappa shape index (κ3) is 3.48. The third-order valence-corrected chi connectivity index (χ3v) is 4.81. The summed E-state index contributed by atoms with van der Waals surface area (Å²) >= 11 is 1.51. The van der Waals surface area contributed by atoms with Crippen LogP contribution < -0.4 is 10.6 Å². The van der Waals surface area contributed by atoms with Gasteiger partial charge in [-0.15, -0.1) is 36.2 Å². The van der Waals surface area contributed by atoms with Crippen LogP contribution in [0.1, 0.15) is 34.0 Å². The van der Waals surface area contributed by atoms with E-state index in [9.17, 15) is 4.79 Å². The van der Waals surface area contributed by atoms with E-state index in [1.807, 2.05) is 6.07 Å². The molecule has 1 fully saturated rings. The minimum atomic E-state index is 0. The van der Waals surface area contributed by atoms with Gasteiger partial charge >= 0.3 is 0 Å². The zero-order valence-corrected chi connectivity index (χ0v) is 14.2. The van der Waals surface area contributed by atoms with Crippen molar-refractivity contribution in [1.82, 2.24) is 15.6 Å². The lowest BCUT2D eigenvalue weighted by atomic mass is 9.88. The molecule has 1 aliphatic heterocycles. The minimum absolute atomic E-state index is 0. The molecule has 2 aromatic rings. The average Bonchev–Trinajstić information content (AvgIpc) is 2.86. The first kappa shape index (κ1) is 18.2. The molecule has 1 aliphatic rings. The van der Waals surface area contributed by atoms with Crippen LogP contribution in [0.4, 0.5) is 0 Å². The number of pyridine rings is 1. The number of rotatable bonds is 2. The van der Waals surface area contributed by atoms with Crippen molar-refractivity contribution in [2.24, 2.45) is 0 Å². The van der Waals surface area contributed by atoms with Gasteiger partial charge in [0, 0.05) is 18.6 Å². The van der Waals surface area contributed by atoms with E-state index in [4.69, 9.17) is 0 Å². The number of fused-ring (bicyclic) bond motifs is 1. The molecule has 1 saturated heterocycles. The second-order valence-corrected chi connectivity index (χ2v) is 5.80. The number of piperidine rings is 1. The number of carbonyl (C=O) groups excluding carboxylic acids is 1. The highest BCUT2D eigenvalue weighted by Gasteiger charge is 2.26. The van der Waals surface area contributed by atoms with Crippen LogP contribution in [-0.4, -0.2) is 31.0 Å². The van der Waals surface area contributed by atoms with Crippen molar-refractivity contribution in [2.75, 3.05) is 20.1 Å². The highest BCUT2D eigenvalue weighted by atomic mass is 35.5. The molecule has 2 N–H and O–H groups in total. The first-order chi connectivity index (χ1) is 9.31. The molecule has 7 heteroatoms. The Bertz CT molecular complexity index is 611. The van der Waals surface area contributed by atoms with Gasteiger partial charge in [0.15, 0.2) is 0 Å². The monoisotopic (exact) mass is 347 g/mol. The van der Waals surface area contributed by atoms with Gasteiger partial charge in [0.1, 0.15) is 4.83 Å². The zero-order valence-electron chi connectivity index (χ0n) is 11.7. The van der Waals surface area contributed by atoms with Gasteiger partial charge in [-0.2, -0.15) is 0 Å². The molecule has 0 aliphatic carbocycles. The summed E-state index contributed by atoms with van der Waals surface area (Å²) in [5.74, 6) is 0.475. The maximum Gasteiger partial charge on any atom is 0.261 e. The Morgan fingerprint density at radius 2 is 2.10 bits per heavy atom. The number of thiophene rings is 1. The standard InChI is InChI=1S/C14H17N3OS.2ClH/c1-15-13(18)12-11(9-4-7-16-8-5-9)10-3-2-6-17-14(10)19-12;;/h2-3,6,9,16H,4-5,7-8H2,1H3,(H,15,18);2*1H. The molecule has 3 rings (SSSR count). The van der Waals surface area contributed by atoms with E-state index in [1.54, 1.807) is 13.2 Å². The molecule has 116 valence electrons. The number of carbonyl (C=O) groups is 1. The van der Waals surface area contributed by atoms with Crippen molar-refractivity contribution in [2.45, 2.75) is 18.8 Å². The van der Waals surface area contributed by atoms with Crippen LogP contribution in [0, 0.1) is 0 Å². The van der Waals surface area contributed by atoms with Gasteiger partial charge in [0.05, 0.1) is 4.88 Å². The SMILES string of the molecule is CNC(=O)c1sc2ncccc2c1C1CCNCC1.Cl.Cl. The largest absolute Gasteiger partial charge is 0.354 e. The Hall–Kier alpha value is -0.880. The summed E-state index contributed by atoms with van der Waals surface area (Å²) < 4.78 is 0. The second-order valence-electron chi connectivity index (χ2n) is 4.80. The van der Waals surface area contributed by atoms with Gasteiger partial charge in [-0.3, -0.25) is 4.79 Å². The fourth-order valence-corrected chi connectivity index (χ4v) is 3.93. The summed E-state index contributed by atoms with van der Waals surface area (Å²) in [5.41, 5.74) is 1.20. The zero-order chi connectivity index (χ0) is 13.2. The molecule has 0 aromatic carbocycles. The Kier molecular flexibility index (Phi) is 6.87. The smallest absolute Gasteiger partial charge is 0.261 e. The second kappa shape index (κ2) is 7.94. The highest BCUT2D eigenvalue weighted by molar-refractivity contribution is 7.20. The Labute approximate surface area is 140 Å². The van der Waals surface area contributed by atoms with Crippen molar-refractivity contribution < 1.29 is 4.79 Å². The molecular weight excluding hydrogens is 329 g/mol. The molecule has 0 radical (unpaired) electrons. The first-order valence-electron chi connectivity index (χ1n) is 6.61. The summed E-state index contributed by atoms with van der Waals surface area (Å²) in [6, 6.07) is 4.04. The Balaban J connectivity index is 0.00000110. The predicted octanol–water partition coefficient (Wildman–Crippen LogP) is 2.97. The molecular formula is C14H19Cl2N3OS. The number of hydrogen-bond donors (Lipinski definition) is 2. The van der Waals surface area contributed by atoms with E-state index in [0.717, 1.165) is 41.0 Å². The third-order valence-electron chi connectivity index (χ3n) is 3.69. The molecule has 0 spiro atoms. The summed E-state index contributed by atoms with van der Waals surface area (Å²) in [5, 5.41) is 7.28. The van der Waals surface area contributed by atoms with Gasteiger partial charge in [0.25, 0.3) is 5.91 Å². The van der Waals surface area contributed by atoms with E-state index in [-0.39, 0.29) is 30.7 Å². The van der Waals surface area contributed by atoms with E-state index in [0.29, 0.717) is 5.92 Å². The number of hydrogen-bond acceptors (Lipinski definition) is 4. The van der Waals surface area contributed by atoms with E-state index < -0.39 is 0 Å². The van der Waals surface area contributed by atoms with E-state index >= 15 is 0 Å². The highest BCUT2D eigenvalue weighted by Crippen LogP contribution is 2.38. The molecule has 3 heterocycles. The summed E-state index contributed by atoms with van der Waals surface area (Å²) in [6.07, 6.45) is 3.97. The first-order valence-corrected chi connectivity index (χ1v) is 7.43. The van der Waals surface area contributed by atoms with E-state index in [1.165, 1.54) is 16.9 Å². The molecule has 0 bridgehead atoms. The van der Waals surface area contributed by atoms with Gasteiger partial charge in [-0.25, -0.2) is 4.98 Å². The van der Waals surface area contributed by atoms with Crippen molar-refractivity contribution in [1.29, 1.82) is 0 Å². The predicted molar refractivity (Wildman–Crippen MR) is 92.4 cm³/mol. The molecule has 2 aromatic heterocycles. The molecule has 0 unspecified atom stereocenters. The average molecular weight is 348 g/mol. The summed E-state index contributed by atoms with van der Waals surface area (Å²) in [7, 11) is 1.69. The van der Waals surface area contributed by atoms with Gasteiger partial charge in [-0.05, 0) is 43.5 Å². The van der Waals surface area contributed by atoms with Gasteiger partial charge in [0.2, 0.25) is 0 Å². The van der Waals surface area contributed by atoms with Gasteiger partial charge in [-0.1, -0.05) is 6.07 Å². The van der Waals surface area contributed by atoms with Crippen molar-refractivity contribution in [3.05, 3.63) is 28.8 Å². The number of nitrogens with zero attached hydrogens (tertiary/aromatic N) is 1. The lowest BCUT2D eigenvalue weighted by molar-refractivity contribution is 0.0965. The van der Waals surface area contributed by atoms with Crippen LogP contribution in [0.25, 0.3) is 10.2 Å². The normalized spacial score (nSPS) is 15.1. The lowest BCUT2D eigenvalue weighted by Crippen LogP contribution is -2.28. The fourth-order valence-electron chi connectivity index (χ4n) is 2.75. The Morgan fingerprint density at radius 1 is 1.38 bits per heavy atom.